The highest BCUT2D eigenvalue weighted by Gasteiger charge is 2.34. The summed E-state index contributed by atoms with van der Waals surface area (Å²) < 4.78 is 48.4. The van der Waals surface area contributed by atoms with Crippen molar-refractivity contribution in [1.29, 1.82) is 0 Å². The van der Waals surface area contributed by atoms with Crippen molar-refractivity contribution in [1.82, 2.24) is 4.57 Å². The van der Waals surface area contributed by atoms with E-state index in [1.54, 1.807) is 69.3 Å². The molecule has 0 unspecified atom stereocenters. The average molecular weight is 725 g/mol. The number of hydrogen-bond donors (Lipinski definition) is 0. The Balaban J connectivity index is 1.58. The summed E-state index contributed by atoms with van der Waals surface area (Å²) in [6.07, 6.45) is 1.64. The van der Waals surface area contributed by atoms with Crippen molar-refractivity contribution >= 4 is 41.0 Å². The van der Waals surface area contributed by atoms with E-state index in [9.17, 15) is 18.8 Å². The van der Waals surface area contributed by atoms with Crippen molar-refractivity contribution in [3.63, 3.8) is 0 Å². The number of halogens is 2. The minimum absolute atomic E-state index is 0.0529. The van der Waals surface area contributed by atoms with Gasteiger partial charge in [0.25, 0.3) is 5.56 Å². The molecule has 14 heteroatoms. The molecule has 0 saturated carbocycles. The van der Waals surface area contributed by atoms with Crippen LogP contribution in [0.4, 0.5) is 4.39 Å². The Morgan fingerprint density at radius 1 is 1.00 bits per heavy atom. The maximum Gasteiger partial charge on any atom is 0.343 e. The molecule has 4 aromatic rings. The topological polar surface area (TPSA) is 124 Å². The van der Waals surface area contributed by atoms with Crippen molar-refractivity contribution < 1.29 is 42.4 Å². The molecule has 3 aromatic carbocycles. The number of benzene rings is 3. The fourth-order valence-electron chi connectivity index (χ4n) is 5.28. The number of carbonyl (C=O) groups is 2. The number of aromatic nitrogens is 1. The van der Waals surface area contributed by atoms with Crippen LogP contribution in [0.25, 0.3) is 6.08 Å². The van der Waals surface area contributed by atoms with E-state index in [4.69, 9.17) is 35.3 Å². The van der Waals surface area contributed by atoms with E-state index in [0.717, 1.165) is 11.3 Å². The van der Waals surface area contributed by atoms with E-state index >= 15 is 0 Å². The van der Waals surface area contributed by atoms with Gasteiger partial charge in [-0.2, -0.15) is 0 Å². The molecule has 1 aliphatic heterocycles. The first-order chi connectivity index (χ1) is 24.1. The first-order valence-corrected chi connectivity index (χ1v) is 16.7. The molecule has 11 nitrogen and oxygen atoms in total. The summed E-state index contributed by atoms with van der Waals surface area (Å²) in [6.45, 7) is 5.27. The van der Waals surface area contributed by atoms with E-state index in [0.29, 0.717) is 43.2 Å². The van der Waals surface area contributed by atoms with Crippen molar-refractivity contribution in [2.75, 3.05) is 34.0 Å². The number of nitrogens with zero attached hydrogens (tertiary/aromatic N) is 2. The number of rotatable bonds is 13. The van der Waals surface area contributed by atoms with Crippen LogP contribution in [-0.2, 0) is 25.7 Å². The average Bonchev–Trinajstić information content (AvgIpc) is 3.39. The van der Waals surface area contributed by atoms with E-state index in [-0.39, 0.29) is 54.3 Å². The molecule has 0 aliphatic carbocycles. The molecule has 0 saturated heterocycles. The van der Waals surface area contributed by atoms with Crippen molar-refractivity contribution in [3.8, 4) is 23.0 Å². The summed E-state index contributed by atoms with van der Waals surface area (Å²) in [4.78, 5) is 44.3. The van der Waals surface area contributed by atoms with Gasteiger partial charge in [0.2, 0.25) is 0 Å². The number of ether oxygens (including phenoxy) is 6. The summed E-state index contributed by atoms with van der Waals surface area (Å²) in [7, 11) is 2.71. The van der Waals surface area contributed by atoms with Gasteiger partial charge in [0, 0.05) is 0 Å². The molecule has 5 rings (SSSR count). The van der Waals surface area contributed by atoms with Gasteiger partial charge < -0.3 is 28.4 Å². The van der Waals surface area contributed by atoms with Crippen molar-refractivity contribution in [2.45, 2.75) is 33.4 Å². The zero-order chi connectivity index (χ0) is 35.9. The number of carbonyl (C=O) groups excluding carboxylic acids is 2. The Kier molecular flexibility index (Phi) is 11.6. The summed E-state index contributed by atoms with van der Waals surface area (Å²) >= 11 is 7.76. The lowest BCUT2D eigenvalue weighted by molar-refractivity contribution is -0.143. The lowest BCUT2D eigenvalue weighted by Gasteiger charge is -2.25. The highest BCUT2D eigenvalue weighted by Crippen LogP contribution is 2.38. The standard InChI is InChI=1S/C36H34ClFN2O9S/c1-6-46-27-17-23(11-12-26(27)48-19-30(41)45-5)32-31(35(43)47-7-2)20(3)39-36-40(32)34(42)29(50-36)16-22-14-25(37)33(28(15-22)44-4)49-18-21-9-8-10-24(38)13-21/h8-17,32H,6-7,18-19H2,1-5H3/b29-16-/t32-/m1/s1. The molecular formula is C36H34ClFN2O9S. The first-order valence-electron chi connectivity index (χ1n) is 15.5. The summed E-state index contributed by atoms with van der Waals surface area (Å²) in [5.41, 5.74) is 1.82. The van der Waals surface area contributed by atoms with E-state index in [1.165, 1.54) is 30.9 Å². The van der Waals surface area contributed by atoms with Gasteiger partial charge >= 0.3 is 11.9 Å². The lowest BCUT2D eigenvalue weighted by atomic mass is 9.95. The molecule has 1 atom stereocenters. The van der Waals surface area contributed by atoms with Gasteiger partial charge in [0.15, 0.2) is 34.4 Å². The summed E-state index contributed by atoms with van der Waals surface area (Å²) in [6, 6.07) is 13.3. The first kappa shape index (κ1) is 36.1. The minimum Gasteiger partial charge on any atom is -0.493 e. The molecule has 262 valence electrons. The van der Waals surface area contributed by atoms with Gasteiger partial charge in [0.05, 0.1) is 54.3 Å². The molecule has 0 fully saturated rings. The highest BCUT2D eigenvalue weighted by atomic mass is 35.5. The number of esters is 2. The second-order valence-electron chi connectivity index (χ2n) is 10.8. The SMILES string of the molecule is CCOC(=O)C1=C(C)N=c2s/c(=C\c3cc(Cl)c(OCc4cccc(F)c4)c(OC)c3)c(=O)n2[C@@H]1c1ccc(OCC(=O)OC)c(OCC)c1. The quantitative estimate of drug-likeness (QED) is 0.173. The smallest absolute Gasteiger partial charge is 0.343 e. The van der Waals surface area contributed by atoms with Crippen molar-refractivity contribution in [2.24, 2.45) is 4.99 Å². The normalized spacial score (nSPS) is 14.1. The second-order valence-corrected chi connectivity index (χ2v) is 12.2. The van der Waals surface area contributed by atoms with Crippen LogP contribution in [0, 0.1) is 5.82 Å². The van der Waals surface area contributed by atoms with Gasteiger partial charge in [-0.25, -0.2) is 19.0 Å². The van der Waals surface area contributed by atoms with Crippen molar-refractivity contribution in [3.05, 3.63) is 113 Å². The van der Waals surface area contributed by atoms with E-state index in [1.807, 2.05) is 0 Å². The van der Waals surface area contributed by atoms with Gasteiger partial charge in [-0.15, -0.1) is 0 Å². The van der Waals surface area contributed by atoms with Crippen LogP contribution in [0.1, 0.15) is 43.5 Å². The Labute approximate surface area is 295 Å². The van der Waals surface area contributed by atoms with Gasteiger partial charge in [-0.1, -0.05) is 41.1 Å². The molecule has 0 bridgehead atoms. The third kappa shape index (κ3) is 7.84. The molecule has 1 aromatic heterocycles. The van der Waals surface area contributed by atoms with E-state index in [2.05, 4.69) is 9.73 Å². The summed E-state index contributed by atoms with van der Waals surface area (Å²) in [5.74, 6) is -0.431. The molecule has 0 amide bonds. The lowest BCUT2D eigenvalue weighted by Crippen LogP contribution is -2.40. The number of hydrogen-bond acceptors (Lipinski definition) is 11. The Morgan fingerprint density at radius 3 is 2.50 bits per heavy atom. The largest absolute Gasteiger partial charge is 0.493 e. The zero-order valence-corrected chi connectivity index (χ0v) is 29.5. The van der Waals surface area contributed by atoms with Crippen LogP contribution in [0.3, 0.4) is 0 Å². The molecular weight excluding hydrogens is 691 g/mol. The predicted octanol–water partition coefficient (Wildman–Crippen LogP) is 5.13. The summed E-state index contributed by atoms with van der Waals surface area (Å²) in [5, 5.41) is 0.219. The number of fused-ring (bicyclic) bond motifs is 1. The zero-order valence-electron chi connectivity index (χ0n) is 27.9. The predicted molar refractivity (Wildman–Crippen MR) is 184 cm³/mol. The van der Waals surface area contributed by atoms with Crippen LogP contribution < -0.4 is 33.8 Å². The van der Waals surface area contributed by atoms with Gasteiger partial charge in [-0.05, 0) is 79.9 Å². The minimum atomic E-state index is -0.932. The third-order valence-electron chi connectivity index (χ3n) is 7.50. The molecule has 0 radical (unpaired) electrons. The molecule has 2 heterocycles. The highest BCUT2D eigenvalue weighted by molar-refractivity contribution is 7.07. The maximum absolute atomic E-state index is 14.2. The maximum atomic E-state index is 14.2. The molecule has 50 heavy (non-hydrogen) atoms. The van der Waals surface area contributed by atoms with Crippen LogP contribution in [0.5, 0.6) is 23.0 Å². The fourth-order valence-corrected chi connectivity index (χ4v) is 6.60. The van der Waals surface area contributed by atoms with Gasteiger partial charge in [0.1, 0.15) is 12.4 Å². The second kappa shape index (κ2) is 16.0. The fraction of sp³-hybridized carbons (Fsp3) is 0.278. The number of thiazole rings is 1. The van der Waals surface area contributed by atoms with Gasteiger partial charge in [-0.3, -0.25) is 9.36 Å². The molecule has 1 aliphatic rings. The Bertz CT molecular complexity index is 2140. The molecule has 0 N–H and O–H groups in total. The number of allylic oxidation sites excluding steroid dienone is 1. The van der Waals surface area contributed by atoms with E-state index < -0.39 is 23.5 Å². The Morgan fingerprint density at radius 2 is 1.80 bits per heavy atom. The Hall–Kier alpha value is -5.14. The van der Waals surface area contributed by atoms with Crippen LogP contribution in [0.2, 0.25) is 5.02 Å². The monoisotopic (exact) mass is 724 g/mol. The third-order valence-corrected chi connectivity index (χ3v) is 8.76. The van der Waals surface area contributed by atoms with Crippen LogP contribution in [0.15, 0.2) is 75.7 Å². The van der Waals surface area contributed by atoms with Crippen LogP contribution in [-0.4, -0.2) is 50.5 Å². The molecule has 0 spiro atoms. The number of methoxy groups -OCH3 is 2. The van der Waals surface area contributed by atoms with Crippen LogP contribution >= 0.6 is 22.9 Å².